The maximum Gasteiger partial charge on any atom is 0.277 e. The number of carbonyl (C=O) groups is 1. The van der Waals surface area contributed by atoms with Gasteiger partial charge < -0.3 is 9.73 Å². The highest BCUT2D eigenvalue weighted by atomic mass is 32.2. The number of hydrogen-bond donors (Lipinski definition) is 1. The van der Waals surface area contributed by atoms with Crippen molar-refractivity contribution in [1.29, 1.82) is 0 Å². The SMILES string of the molecule is C[C@H]1CCc2sc(-c3nnc(S[C@@H](C)C(=O)Nc4ccc(F)cc4)o3)cc2C1. The fourth-order valence-electron chi connectivity index (χ4n) is 3.15. The van der Waals surface area contributed by atoms with Crippen molar-refractivity contribution in [3.05, 3.63) is 46.6 Å². The summed E-state index contributed by atoms with van der Waals surface area (Å²) in [4.78, 5) is 14.7. The van der Waals surface area contributed by atoms with Crippen molar-refractivity contribution in [2.24, 2.45) is 5.92 Å². The van der Waals surface area contributed by atoms with Crippen LogP contribution in [0.5, 0.6) is 0 Å². The Morgan fingerprint density at radius 1 is 1.36 bits per heavy atom. The number of halogens is 1. The number of anilines is 1. The van der Waals surface area contributed by atoms with Crippen molar-refractivity contribution in [2.75, 3.05) is 5.32 Å². The van der Waals surface area contributed by atoms with Crippen LogP contribution in [0, 0.1) is 11.7 Å². The van der Waals surface area contributed by atoms with E-state index in [1.807, 2.05) is 0 Å². The Hall–Kier alpha value is -2.19. The average Bonchev–Trinajstić information content (AvgIpc) is 3.29. The van der Waals surface area contributed by atoms with Crippen LogP contribution >= 0.6 is 23.1 Å². The zero-order chi connectivity index (χ0) is 19.7. The van der Waals surface area contributed by atoms with Gasteiger partial charge in [-0.1, -0.05) is 18.7 Å². The van der Waals surface area contributed by atoms with Gasteiger partial charge in [0, 0.05) is 10.6 Å². The third-order valence-electron chi connectivity index (χ3n) is 4.71. The summed E-state index contributed by atoms with van der Waals surface area (Å²) in [6.45, 7) is 4.04. The fraction of sp³-hybridized carbons (Fsp3) is 0.350. The molecule has 0 bridgehead atoms. The van der Waals surface area contributed by atoms with Gasteiger partial charge in [-0.2, -0.15) is 0 Å². The molecule has 1 aromatic carbocycles. The minimum Gasteiger partial charge on any atom is -0.410 e. The van der Waals surface area contributed by atoms with Crippen molar-refractivity contribution >= 4 is 34.7 Å². The Kier molecular flexibility index (Phi) is 5.50. The molecule has 146 valence electrons. The molecule has 1 aliphatic rings. The molecule has 0 radical (unpaired) electrons. The first-order chi connectivity index (χ1) is 13.5. The van der Waals surface area contributed by atoms with E-state index in [9.17, 15) is 9.18 Å². The highest BCUT2D eigenvalue weighted by molar-refractivity contribution is 8.00. The Bertz CT molecular complexity index is 984. The molecule has 0 unspecified atom stereocenters. The summed E-state index contributed by atoms with van der Waals surface area (Å²) >= 11 is 2.92. The maximum atomic E-state index is 13.0. The summed E-state index contributed by atoms with van der Waals surface area (Å²) in [5.41, 5.74) is 1.93. The maximum absolute atomic E-state index is 13.0. The molecule has 5 nitrogen and oxygen atoms in total. The van der Waals surface area contributed by atoms with Crippen LogP contribution in [-0.4, -0.2) is 21.4 Å². The standard InChI is InChI=1S/C20H20FN3O2S2/c1-11-3-8-16-13(9-11)10-17(28-16)19-23-24-20(26-19)27-12(2)18(25)22-15-6-4-14(21)5-7-15/h4-7,10-12H,3,8-9H2,1-2H3,(H,22,25)/t11-,12-/m0/s1. The van der Waals surface area contributed by atoms with Crippen LogP contribution in [0.4, 0.5) is 10.1 Å². The number of fused-ring (bicyclic) bond motifs is 1. The fourth-order valence-corrected chi connectivity index (χ4v) is 4.96. The molecule has 0 fully saturated rings. The van der Waals surface area contributed by atoms with Crippen molar-refractivity contribution < 1.29 is 13.6 Å². The van der Waals surface area contributed by atoms with Gasteiger partial charge in [0.2, 0.25) is 5.91 Å². The predicted molar refractivity (Wildman–Crippen MR) is 109 cm³/mol. The first-order valence-electron chi connectivity index (χ1n) is 9.16. The minimum absolute atomic E-state index is 0.211. The Morgan fingerprint density at radius 2 is 2.14 bits per heavy atom. The van der Waals surface area contributed by atoms with Crippen LogP contribution in [0.3, 0.4) is 0 Å². The van der Waals surface area contributed by atoms with E-state index in [-0.39, 0.29) is 11.7 Å². The summed E-state index contributed by atoms with van der Waals surface area (Å²) in [6, 6.07) is 7.81. The lowest BCUT2D eigenvalue weighted by Gasteiger charge is -2.16. The number of carbonyl (C=O) groups excluding carboxylic acids is 1. The third-order valence-corrected chi connectivity index (χ3v) is 6.86. The van der Waals surface area contributed by atoms with Crippen LogP contribution < -0.4 is 5.32 Å². The van der Waals surface area contributed by atoms with Gasteiger partial charge in [-0.15, -0.1) is 21.5 Å². The molecular formula is C20H20FN3O2S2. The molecule has 0 aliphatic heterocycles. The van der Waals surface area contributed by atoms with E-state index < -0.39 is 5.25 Å². The largest absolute Gasteiger partial charge is 0.410 e. The second-order valence-corrected chi connectivity index (χ2v) is 9.47. The number of thiophene rings is 1. The Balaban J connectivity index is 1.40. The van der Waals surface area contributed by atoms with Gasteiger partial charge in [0.05, 0.1) is 10.1 Å². The normalized spacial score (nSPS) is 17.2. The Morgan fingerprint density at radius 3 is 2.93 bits per heavy atom. The van der Waals surface area contributed by atoms with Crippen molar-refractivity contribution in [3.8, 4) is 10.8 Å². The first-order valence-corrected chi connectivity index (χ1v) is 10.9. The number of nitrogens with one attached hydrogen (secondary N) is 1. The second kappa shape index (κ2) is 8.05. The summed E-state index contributed by atoms with van der Waals surface area (Å²) in [6.07, 6.45) is 3.43. The second-order valence-electron chi connectivity index (χ2n) is 7.04. The molecule has 2 atom stereocenters. The lowest BCUT2D eigenvalue weighted by Crippen LogP contribution is -2.22. The van der Waals surface area contributed by atoms with Crippen molar-refractivity contribution in [3.63, 3.8) is 0 Å². The lowest BCUT2D eigenvalue weighted by atomic mass is 9.90. The molecular weight excluding hydrogens is 397 g/mol. The van der Waals surface area contributed by atoms with E-state index in [1.165, 1.54) is 52.9 Å². The number of hydrogen-bond acceptors (Lipinski definition) is 6. The summed E-state index contributed by atoms with van der Waals surface area (Å²) in [5.74, 6) is 0.658. The van der Waals surface area contributed by atoms with Crippen molar-refractivity contribution in [1.82, 2.24) is 10.2 Å². The topological polar surface area (TPSA) is 68.0 Å². The molecule has 1 amide bonds. The number of rotatable bonds is 5. The van der Waals surface area contributed by atoms with E-state index in [4.69, 9.17) is 4.42 Å². The van der Waals surface area contributed by atoms with Gasteiger partial charge in [0.25, 0.3) is 11.1 Å². The molecule has 0 saturated heterocycles. The number of nitrogens with zero attached hydrogens (tertiary/aromatic N) is 2. The summed E-state index contributed by atoms with van der Waals surface area (Å²) in [5, 5.41) is 10.9. The van der Waals surface area contributed by atoms with Gasteiger partial charge in [-0.25, -0.2) is 4.39 Å². The van der Waals surface area contributed by atoms with Crippen LogP contribution in [0.15, 0.2) is 40.0 Å². The quantitative estimate of drug-likeness (QED) is 0.579. The van der Waals surface area contributed by atoms with Gasteiger partial charge in [0.15, 0.2) is 0 Å². The molecule has 8 heteroatoms. The van der Waals surface area contributed by atoms with E-state index in [0.717, 1.165) is 17.7 Å². The van der Waals surface area contributed by atoms with E-state index in [0.29, 0.717) is 22.7 Å². The van der Waals surface area contributed by atoms with E-state index in [2.05, 4.69) is 28.5 Å². The lowest BCUT2D eigenvalue weighted by molar-refractivity contribution is -0.115. The molecule has 4 rings (SSSR count). The molecule has 1 aliphatic carbocycles. The van der Waals surface area contributed by atoms with Gasteiger partial charge in [-0.3, -0.25) is 4.79 Å². The third kappa shape index (κ3) is 4.28. The number of amides is 1. The van der Waals surface area contributed by atoms with Crippen LogP contribution in [0.25, 0.3) is 10.8 Å². The zero-order valence-electron chi connectivity index (χ0n) is 15.6. The smallest absolute Gasteiger partial charge is 0.277 e. The molecule has 2 heterocycles. The van der Waals surface area contributed by atoms with Gasteiger partial charge >= 0.3 is 0 Å². The van der Waals surface area contributed by atoms with Gasteiger partial charge in [0.1, 0.15) is 5.82 Å². The predicted octanol–water partition coefficient (Wildman–Crippen LogP) is 5.18. The molecule has 2 aromatic heterocycles. The van der Waals surface area contributed by atoms with Crippen LogP contribution in [0.1, 0.15) is 30.7 Å². The summed E-state index contributed by atoms with van der Waals surface area (Å²) < 4.78 is 18.7. The van der Waals surface area contributed by atoms with E-state index >= 15 is 0 Å². The zero-order valence-corrected chi connectivity index (χ0v) is 17.2. The highest BCUT2D eigenvalue weighted by Crippen LogP contribution is 2.37. The van der Waals surface area contributed by atoms with Gasteiger partial charge in [-0.05, 0) is 68.0 Å². The number of aryl methyl sites for hydroxylation is 1. The Labute approximate surface area is 170 Å². The minimum atomic E-state index is -0.434. The number of benzene rings is 1. The van der Waals surface area contributed by atoms with Crippen LogP contribution in [-0.2, 0) is 17.6 Å². The van der Waals surface area contributed by atoms with E-state index in [1.54, 1.807) is 18.3 Å². The molecule has 1 N–H and O–H groups in total. The van der Waals surface area contributed by atoms with Crippen LogP contribution in [0.2, 0.25) is 0 Å². The molecule has 3 aromatic rings. The molecule has 0 saturated carbocycles. The number of thioether (sulfide) groups is 1. The highest BCUT2D eigenvalue weighted by Gasteiger charge is 2.22. The first kappa shape index (κ1) is 19.1. The molecule has 0 spiro atoms. The number of aromatic nitrogens is 2. The monoisotopic (exact) mass is 417 g/mol. The van der Waals surface area contributed by atoms with Crippen molar-refractivity contribution in [2.45, 2.75) is 43.6 Å². The average molecular weight is 418 g/mol. The summed E-state index contributed by atoms with van der Waals surface area (Å²) in [7, 11) is 0. The molecule has 28 heavy (non-hydrogen) atoms.